The van der Waals surface area contributed by atoms with Crippen molar-refractivity contribution >= 4 is 23.2 Å². The van der Waals surface area contributed by atoms with Gasteiger partial charge in [-0.15, -0.1) is 0 Å². The Morgan fingerprint density at radius 1 is 0.812 bits per heavy atom. The highest BCUT2D eigenvalue weighted by atomic mass is 16.5. The summed E-state index contributed by atoms with van der Waals surface area (Å²) in [5.74, 6) is -1.78. The SMILES string of the molecule is O=C(Cn1c(-c2ccccc2)noc1=O)Nc1cccc2c1C(=O)c1ccccc1C2=O. The van der Waals surface area contributed by atoms with Crippen LogP contribution in [0.25, 0.3) is 11.4 Å². The molecule has 32 heavy (non-hydrogen) atoms. The van der Waals surface area contributed by atoms with Crippen molar-refractivity contribution in [2.24, 2.45) is 0 Å². The van der Waals surface area contributed by atoms with Crippen molar-refractivity contribution in [3.63, 3.8) is 0 Å². The number of anilines is 1. The van der Waals surface area contributed by atoms with E-state index in [0.29, 0.717) is 11.1 Å². The van der Waals surface area contributed by atoms with E-state index in [0.717, 1.165) is 4.57 Å². The molecule has 8 nitrogen and oxygen atoms in total. The van der Waals surface area contributed by atoms with Gasteiger partial charge in [0.1, 0.15) is 6.54 Å². The lowest BCUT2D eigenvalue weighted by Gasteiger charge is -2.20. The van der Waals surface area contributed by atoms with Gasteiger partial charge in [-0.3, -0.25) is 18.9 Å². The Hall–Kier alpha value is -4.59. The van der Waals surface area contributed by atoms with E-state index in [1.165, 1.54) is 0 Å². The van der Waals surface area contributed by atoms with Crippen LogP contribution in [0.4, 0.5) is 5.69 Å². The number of carbonyl (C=O) groups is 3. The Morgan fingerprint density at radius 3 is 2.22 bits per heavy atom. The van der Waals surface area contributed by atoms with Crippen molar-refractivity contribution in [2.45, 2.75) is 6.54 Å². The third-order valence-electron chi connectivity index (χ3n) is 5.25. The van der Waals surface area contributed by atoms with Crippen molar-refractivity contribution < 1.29 is 18.9 Å². The molecular weight excluding hydrogens is 410 g/mol. The quantitative estimate of drug-likeness (QED) is 0.474. The summed E-state index contributed by atoms with van der Waals surface area (Å²) in [6, 6.07) is 20.1. The molecule has 156 valence electrons. The predicted octanol–water partition coefficient (Wildman–Crippen LogP) is 2.92. The van der Waals surface area contributed by atoms with Gasteiger partial charge in [-0.05, 0) is 6.07 Å². The maximum Gasteiger partial charge on any atom is 0.442 e. The third kappa shape index (κ3) is 3.14. The lowest BCUT2D eigenvalue weighted by Crippen LogP contribution is -2.28. The molecule has 0 unspecified atom stereocenters. The molecule has 0 atom stereocenters. The Balaban J connectivity index is 1.47. The zero-order valence-electron chi connectivity index (χ0n) is 16.6. The summed E-state index contributed by atoms with van der Waals surface area (Å²) < 4.78 is 5.84. The maximum absolute atomic E-state index is 13.1. The summed E-state index contributed by atoms with van der Waals surface area (Å²) >= 11 is 0. The van der Waals surface area contributed by atoms with Gasteiger partial charge >= 0.3 is 5.76 Å². The van der Waals surface area contributed by atoms with E-state index in [1.54, 1.807) is 66.7 Å². The van der Waals surface area contributed by atoms with Crippen molar-refractivity contribution in [1.29, 1.82) is 0 Å². The molecule has 1 aromatic heterocycles. The van der Waals surface area contributed by atoms with Crippen LogP contribution in [0.3, 0.4) is 0 Å². The van der Waals surface area contributed by atoms with Crippen LogP contribution in [0.5, 0.6) is 0 Å². The first-order chi connectivity index (χ1) is 15.5. The fourth-order valence-corrected chi connectivity index (χ4v) is 3.79. The highest BCUT2D eigenvalue weighted by molar-refractivity contribution is 6.30. The second-order valence-corrected chi connectivity index (χ2v) is 7.20. The van der Waals surface area contributed by atoms with Gasteiger partial charge in [0.15, 0.2) is 17.4 Å². The van der Waals surface area contributed by atoms with Crippen LogP contribution in [0.1, 0.15) is 31.8 Å². The molecule has 0 fully saturated rings. The number of nitrogens with one attached hydrogen (secondary N) is 1. The van der Waals surface area contributed by atoms with Crippen LogP contribution >= 0.6 is 0 Å². The second-order valence-electron chi connectivity index (χ2n) is 7.20. The Bertz CT molecular complexity index is 1450. The third-order valence-corrected chi connectivity index (χ3v) is 5.25. The number of aromatic nitrogens is 2. The topological polar surface area (TPSA) is 111 Å². The number of ketones is 2. The molecule has 5 rings (SSSR count). The molecule has 0 bridgehead atoms. The molecule has 0 aliphatic heterocycles. The van der Waals surface area contributed by atoms with Crippen LogP contribution in [0.15, 0.2) is 82.1 Å². The van der Waals surface area contributed by atoms with Crippen molar-refractivity contribution in [2.75, 3.05) is 5.32 Å². The molecule has 0 saturated heterocycles. The zero-order valence-corrected chi connectivity index (χ0v) is 16.6. The summed E-state index contributed by atoms with van der Waals surface area (Å²) in [5, 5.41) is 6.41. The largest absolute Gasteiger partial charge is 0.442 e. The van der Waals surface area contributed by atoms with Gasteiger partial charge in [0, 0.05) is 22.3 Å². The first-order valence-corrected chi connectivity index (χ1v) is 9.78. The van der Waals surface area contributed by atoms with Gasteiger partial charge in [0.25, 0.3) is 0 Å². The number of amides is 1. The number of hydrogen-bond donors (Lipinski definition) is 1. The molecule has 0 spiro atoms. The number of hydrogen-bond acceptors (Lipinski definition) is 6. The minimum absolute atomic E-state index is 0.130. The monoisotopic (exact) mass is 425 g/mol. The van der Waals surface area contributed by atoms with Gasteiger partial charge in [0.05, 0.1) is 11.3 Å². The average molecular weight is 425 g/mol. The Morgan fingerprint density at radius 2 is 1.47 bits per heavy atom. The Kier molecular flexibility index (Phi) is 4.59. The van der Waals surface area contributed by atoms with Crippen LogP contribution in [0, 0.1) is 0 Å². The summed E-state index contributed by atoms with van der Waals surface area (Å²) in [4.78, 5) is 50.9. The van der Waals surface area contributed by atoms with Crippen LogP contribution < -0.4 is 11.1 Å². The molecule has 1 aliphatic rings. The van der Waals surface area contributed by atoms with Gasteiger partial charge in [-0.25, -0.2) is 9.36 Å². The molecule has 1 amide bonds. The maximum atomic E-state index is 13.1. The molecule has 3 aromatic carbocycles. The van der Waals surface area contributed by atoms with Gasteiger partial charge in [-0.1, -0.05) is 71.9 Å². The molecule has 0 radical (unpaired) electrons. The average Bonchev–Trinajstić information content (AvgIpc) is 3.18. The predicted molar refractivity (Wildman–Crippen MR) is 115 cm³/mol. The van der Waals surface area contributed by atoms with E-state index < -0.39 is 11.7 Å². The summed E-state index contributed by atoms with van der Waals surface area (Å²) in [6.07, 6.45) is 0. The molecule has 0 saturated carbocycles. The lowest BCUT2D eigenvalue weighted by atomic mass is 9.83. The lowest BCUT2D eigenvalue weighted by molar-refractivity contribution is -0.116. The number of benzene rings is 3. The molecule has 8 heteroatoms. The Labute approximate surface area is 181 Å². The molecule has 1 N–H and O–H groups in total. The number of carbonyl (C=O) groups excluding carboxylic acids is 3. The summed E-state index contributed by atoms with van der Waals surface area (Å²) in [6.45, 7) is -0.380. The normalized spacial score (nSPS) is 12.2. The molecule has 1 heterocycles. The minimum Gasteiger partial charge on any atom is -0.324 e. The van der Waals surface area contributed by atoms with E-state index in [9.17, 15) is 19.2 Å². The van der Waals surface area contributed by atoms with Gasteiger partial charge in [0.2, 0.25) is 5.91 Å². The summed E-state index contributed by atoms with van der Waals surface area (Å²) in [7, 11) is 0. The smallest absolute Gasteiger partial charge is 0.324 e. The standard InChI is InChI=1S/C24H15N3O5/c28-19(13-27-23(26-32-24(27)31)14-7-2-1-3-8-14)25-18-12-6-11-17-20(18)22(30)16-10-5-4-9-15(16)21(17)29/h1-12H,13H2,(H,25,28). The van der Waals surface area contributed by atoms with E-state index in [2.05, 4.69) is 10.5 Å². The highest BCUT2D eigenvalue weighted by Gasteiger charge is 2.31. The van der Waals surface area contributed by atoms with Crippen molar-refractivity contribution in [3.8, 4) is 11.4 Å². The van der Waals surface area contributed by atoms with E-state index in [-0.39, 0.29) is 46.3 Å². The fraction of sp³-hybridized carbons (Fsp3) is 0.0417. The molecular formula is C24H15N3O5. The van der Waals surface area contributed by atoms with E-state index >= 15 is 0 Å². The van der Waals surface area contributed by atoms with E-state index in [1.807, 2.05) is 6.07 Å². The van der Waals surface area contributed by atoms with Gasteiger partial charge < -0.3 is 5.32 Å². The van der Waals surface area contributed by atoms with Crippen LogP contribution in [0.2, 0.25) is 0 Å². The fourth-order valence-electron chi connectivity index (χ4n) is 3.79. The van der Waals surface area contributed by atoms with Crippen LogP contribution in [-0.2, 0) is 11.3 Å². The van der Waals surface area contributed by atoms with Crippen molar-refractivity contribution in [1.82, 2.24) is 9.72 Å². The first kappa shape index (κ1) is 19.4. The first-order valence-electron chi connectivity index (χ1n) is 9.78. The number of nitrogens with zero attached hydrogens (tertiary/aromatic N) is 2. The van der Waals surface area contributed by atoms with Gasteiger partial charge in [-0.2, -0.15) is 0 Å². The molecule has 1 aliphatic carbocycles. The van der Waals surface area contributed by atoms with Crippen molar-refractivity contribution in [3.05, 3.63) is 106 Å². The zero-order chi connectivity index (χ0) is 22.2. The minimum atomic E-state index is -0.783. The van der Waals surface area contributed by atoms with Crippen LogP contribution in [-0.4, -0.2) is 27.2 Å². The summed E-state index contributed by atoms with van der Waals surface area (Å²) in [5.41, 5.74) is 1.78. The second kappa shape index (κ2) is 7.59. The number of fused-ring (bicyclic) bond motifs is 2. The highest BCUT2D eigenvalue weighted by Crippen LogP contribution is 2.32. The molecule has 4 aromatic rings. The number of rotatable bonds is 4. The van der Waals surface area contributed by atoms with E-state index in [4.69, 9.17) is 4.52 Å².